The molecular formula is C23H29N2O+. The molecule has 0 unspecified atom stereocenters. The van der Waals surface area contributed by atoms with Crippen molar-refractivity contribution in [1.29, 1.82) is 0 Å². The van der Waals surface area contributed by atoms with E-state index < -0.39 is 0 Å². The summed E-state index contributed by atoms with van der Waals surface area (Å²) in [5.41, 5.74) is 2.43. The first kappa shape index (κ1) is 18.4. The summed E-state index contributed by atoms with van der Waals surface area (Å²) in [6.07, 6.45) is 9.39. The molecule has 1 aromatic heterocycles. The van der Waals surface area contributed by atoms with E-state index in [0.29, 0.717) is 13.3 Å². The average Bonchev–Trinajstić information content (AvgIpc) is 3.09. The third-order valence-electron chi connectivity index (χ3n) is 4.60. The predicted octanol–water partition coefficient (Wildman–Crippen LogP) is 5.20. The van der Waals surface area contributed by atoms with Crippen LogP contribution in [-0.2, 0) is 24.6 Å². The minimum atomic E-state index is 0.557. The fraction of sp³-hybridized carbons (Fsp3) is 0.348. The van der Waals surface area contributed by atoms with E-state index in [4.69, 9.17) is 4.74 Å². The van der Waals surface area contributed by atoms with Crippen LogP contribution in [0.3, 0.4) is 0 Å². The van der Waals surface area contributed by atoms with Crippen LogP contribution in [0.2, 0.25) is 0 Å². The molecule has 3 nitrogen and oxygen atoms in total. The van der Waals surface area contributed by atoms with Gasteiger partial charge in [0.05, 0.1) is 18.7 Å². The van der Waals surface area contributed by atoms with Crippen LogP contribution in [0.4, 0.5) is 0 Å². The highest BCUT2D eigenvalue weighted by atomic mass is 16.5. The third-order valence-corrected chi connectivity index (χ3v) is 4.60. The minimum Gasteiger partial charge on any atom is -0.337 e. The number of rotatable bonds is 10. The summed E-state index contributed by atoms with van der Waals surface area (Å²) in [4.78, 5) is 0. The van der Waals surface area contributed by atoms with Crippen LogP contribution in [-0.4, -0.2) is 4.57 Å². The summed E-state index contributed by atoms with van der Waals surface area (Å²) in [5, 5.41) is 0. The Kier molecular flexibility index (Phi) is 7.03. The van der Waals surface area contributed by atoms with Gasteiger partial charge < -0.3 is 4.74 Å². The minimum absolute atomic E-state index is 0.557. The Labute approximate surface area is 156 Å². The van der Waals surface area contributed by atoms with Gasteiger partial charge in [0.15, 0.2) is 6.73 Å². The third kappa shape index (κ3) is 5.06. The van der Waals surface area contributed by atoms with Gasteiger partial charge in [-0.05, 0) is 30.5 Å². The van der Waals surface area contributed by atoms with Crippen molar-refractivity contribution < 1.29 is 9.30 Å². The number of imidazole rings is 1. The lowest BCUT2D eigenvalue weighted by Gasteiger charge is -2.07. The van der Waals surface area contributed by atoms with Crippen LogP contribution in [0.5, 0.6) is 0 Å². The smallest absolute Gasteiger partial charge is 0.290 e. The second-order valence-electron chi connectivity index (χ2n) is 6.67. The number of aromatic nitrogens is 2. The highest BCUT2D eigenvalue weighted by Crippen LogP contribution is 2.17. The predicted molar refractivity (Wildman–Crippen MR) is 105 cm³/mol. The van der Waals surface area contributed by atoms with Gasteiger partial charge in [-0.3, -0.25) is 0 Å². The normalized spacial score (nSPS) is 11.0. The fourth-order valence-electron chi connectivity index (χ4n) is 3.22. The summed E-state index contributed by atoms with van der Waals surface area (Å²) in [5.74, 6) is 1.22. The van der Waals surface area contributed by atoms with Crippen LogP contribution in [0.15, 0.2) is 73.1 Å². The zero-order valence-corrected chi connectivity index (χ0v) is 15.7. The van der Waals surface area contributed by atoms with E-state index in [1.54, 1.807) is 0 Å². The van der Waals surface area contributed by atoms with Gasteiger partial charge in [0.25, 0.3) is 5.82 Å². The van der Waals surface area contributed by atoms with E-state index in [9.17, 15) is 0 Å². The van der Waals surface area contributed by atoms with E-state index in [-0.39, 0.29) is 0 Å². The number of unbranched alkanes of at least 4 members (excludes halogenated alkanes) is 3. The first-order valence-electron chi connectivity index (χ1n) is 9.64. The second kappa shape index (κ2) is 9.93. The van der Waals surface area contributed by atoms with Crippen LogP contribution in [0, 0.1) is 0 Å². The van der Waals surface area contributed by atoms with E-state index >= 15 is 0 Å². The highest BCUT2D eigenvalue weighted by molar-refractivity contribution is 5.52. The topological polar surface area (TPSA) is 18.0 Å². The average molecular weight is 349 g/mol. The molecule has 0 fully saturated rings. The quantitative estimate of drug-likeness (QED) is 0.363. The highest BCUT2D eigenvalue weighted by Gasteiger charge is 2.19. The number of hydrogen-bond acceptors (Lipinski definition) is 1. The molecule has 0 N–H and O–H groups in total. The Morgan fingerprint density at radius 1 is 0.885 bits per heavy atom. The van der Waals surface area contributed by atoms with Crippen molar-refractivity contribution in [3.63, 3.8) is 0 Å². The lowest BCUT2D eigenvalue weighted by molar-refractivity contribution is -0.723. The molecule has 0 saturated heterocycles. The zero-order chi connectivity index (χ0) is 18.0. The summed E-state index contributed by atoms with van der Waals surface area (Å²) in [6.45, 7) is 4.49. The first-order chi connectivity index (χ1) is 12.9. The number of benzene rings is 2. The molecule has 0 spiro atoms. The van der Waals surface area contributed by atoms with Crippen molar-refractivity contribution in [2.45, 2.75) is 52.5 Å². The van der Waals surface area contributed by atoms with E-state index in [1.807, 2.05) is 18.2 Å². The molecule has 136 valence electrons. The molecule has 0 aliphatic heterocycles. The lowest BCUT2D eigenvalue weighted by atomic mass is 10.2. The second-order valence-corrected chi connectivity index (χ2v) is 6.67. The summed E-state index contributed by atoms with van der Waals surface area (Å²) in [6, 6.07) is 20.9. The molecule has 0 radical (unpaired) electrons. The van der Waals surface area contributed by atoms with Crippen molar-refractivity contribution in [2.24, 2.45) is 0 Å². The summed E-state index contributed by atoms with van der Waals surface area (Å²) >= 11 is 0. The molecule has 3 rings (SSSR count). The number of ether oxygens (including phenoxy) is 1. The van der Waals surface area contributed by atoms with E-state index in [0.717, 1.165) is 6.54 Å². The molecular weight excluding hydrogens is 320 g/mol. The Hall–Kier alpha value is -2.39. The molecule has 3 aromatic rings. The number of hydrogen-bond donors (Lipinski definition) is 0. The molecule has 3 heteroatoms. The van der Waals surface area contributed by atoms with Crippen molar-refractivity contribution >= 4 is 0 Å². The standard InChI is InChI=1S/C23H29N2O/c1-2-3-4-11-16-24-17-18-25(23(24)22-14-9-6-10-15-22)20-26-19-21-12-7-5-8-13-21/h5-10,12-15,17-18H,2-4,11,16,19-20H2,1H3/q+1. The molecule has 0 aliphatic rings. The molecule has 26 heavy (non-hydrogen) atoms. The van der Waals surface area contributed by atoms with Crippen LogP contribution >= 0.6 is 0 Å². The van der Waals surface area contributed by atoms with Gasteiger partial charge in [-0.25, -0.2) is 9.13 Å². The number of nitrogens with zero attached hydrogens (tertiary/aromatic N) is 2. The van der Waals surface area contributed by atoms with Crippen molar-refractivity contribution in [2.75, 3.05) is 0 Å². The molecule has 0 amide bonds. The van der Waals surface area contributed by atoms with Gasteiger partial charge in [-0.2, -0.15) is 0 Å². The Morgan fingerprint density at radius 2 is 1.62 bits per heavy atom. The summed E-state index contributed by atoms with van der Waals surface area (Å²) in [7, 11) is 0. The fourth-order valence-corrected chi connectivity index (χ4v) is 3.22. The molecule has 0 atom stereocenters. The van der Waals surface area contributed by atoms with E-state index in [2.05, 4.69) is 70.9 Å². The molecule has 0 saturated carbocycles. The van der Waals surface area contributed by atoms with E-state index in [1.165, 1.54) is 42.6 Å². The van der Waals surface area contributed by atoms with Gasteiger partial charge >= 0.3 is 0 Å². The van der Waals surface area contributed by atoms with Gasteiger partial charge in [-0.15, -0.1) is 0 Å². The maximum absolute atomic E-state index is 5.97. The van der Waals surface area contributed by atoms with Crippen LogP contribution in [0.1, 0.15) is 38.2 Å². The Morgan fingerprint density at radius 3 is 2.35 bits per heavy atom. The zero-order valence-electron chi connectivity index (χ0n) is 15.7. The van der Waals surface area contributed by atoms with Crippen molar-refractivity contribution in [3.05, 3.63) is 78.6 Å². The first-order valence-corrected chi connectivity index (χ1v) is 9.64. The van der Waals surface area contributed by atoms with Crippen molar-refractivity contribution in [3.8, 4) is 11.4 Å². The Balaban J connectivity index is 1.70. The SMILES string of the molecule is CCCCCCn1cc[n+](COCc2ccccc2)c1-c1ccccc1. The Bertz CT molecular complexity index is 765. The maximum atomic E-state index is 5.97. The maximum Gasteiger partial charge on any atom is 0.290 e. The largest absolute Gasteiger partial charge is 0.337 e. The monoisotopic (exact) mass is 349 g/mol. The summed E-state index contributed by atoms with van der Waals surface area (Å²) < 4.78 is 10.5. The molecule has 0 bridgehead atoms. The van der Waals surface area contributed by atoms with Crippen LogP contribution < -0.4 is 4.57 Å². The van der Waals surface area contributed by atoms with Gasteiger partial charge in [-0.1, -0.05) is 68.3 Å². The molecule has 0 aliphatic carbocycles. The molecule has 1 heterocycles. The molecule has 2 aromatic carbocycles. The number of aryl methyl sites for hydroxylation is 1. The van der Waals surface area contributed by atoms with Crippen molar-refractivity contribution in [1.82, 2.24) is 4.57 Å². The lowest BCUT2D eigenvalue weighted by Crippen LogP contribution is -2.36. The van der Waals surface area contributed by atoms with Crippen LogP contribution in [0.25, 0.3) is 11.4 Å². The van der Waals surface area contributed by atoms with Gasteiger partial charge in [0.1, 0.15) is 12.4 Å². The van der Waals surface area contributed by atoms with Gasteiger partial charge in [0, 0.05) is 0 Å². The van der Waals surface area contributed by atoms with Gasteiger partial charge in [0.2, 0.25) is 0 Å².